The highest BCUT2D eigenvalue weighted by atomic mass is 35.5. The number of halogens is 2. The molecule has 0 aliphatic rings. The zero-order chi connectivity index (χ0) is 14.2. The van der Waals surface area contributed by atoms with E-state index in [0.717, 1.165) is 12.1 Å². The standard InChI is InChI=1S/C13H8O6.2ClH/c14-11(15)6-4-9-7(10(5-6)13(18)19)2-1-3-8(9)12(16)17;;/h1-5H,(H,14,15)(H,16,17)(H,18,19);2*1H. The van der Waals surface area contributed by atoms with Gasteiger partial charge in [0.05, 0.1) is 16.7 Å². The lowest BCUT2D eigenvalue weighted by molar-refractivity contribution is 0.0681. The molecule has 0 atom stereocenters. The summed E-state index contributed by atoms with van der Waals surface area (Å²) in [5, 5.41) is 27.3. The van der Waals surface area contributed by atoms with Gasteiger partial charge >= 0.3 is 17.9 Å². The molecule has 0 radical (unpaired) electrons. The Morgan fingerprint density at radius 3 is 1.76 bits per heavy atom. The van der Waals surface area contributed by atoms with Gasteiger partial charge in [0.2, 0.25) is 0 Å². The van der Waals surface area contributed by atoms with Crippen molar-refractivity contribution < 1.29 is 29.7 Å². The summed E-state index contributed by atoms with van der Waals surface area (Å²) in [7, 11) is 0. The Bertz CT molecular complexity index is 726. The monoisotopic (exact) mass is 332 g/mol. The van der Waals surface area contributed by atoms with Crippen molar-refractivity contribution in [3.05, 3.63) is 47.0 Å². The molecular formula is C13H10Cl2O6. The molecule has 0 fully saturated rings. The summed E-state index contributed by atoms with van der Waals surface area (Å²) in [6, 6.07) is 6.32. The summed E-state index contributed by atoms with van der Waals surface area (Å²) in [5.41, 5.74) is -0.639. The highest BCUT2D eigenvalue weighted by Gasteiger charge is 2.17. The second-order valence-corrected chi connectivity index (χ2v) is 3.84. The first-order valence-corrected chi connectivity index (χ1v) is 5.18. The fraction of sp³-hybridized carbons (Fsp3) is 0. The molecule has 0 spiro atoms. The molecule has 3 N–H and O–H groups in total. The van der Waals surface area contributed by atoms with E-state index in [1.807, 2.05) is 0 Å². The minimum Gasteiger partial charge on any atom is -0.478 e. The number of aromatic carboxylic acids is 3. The lowest BCUT2D eigenvalue weighted by Gasteiger charge is -2.07. The maximum atomic E-state index is 11.1. The normalized spacial score (nSPS) is 9.33. The first-order valence-electron chi connectivity index (χ1n) is 5.18. The molecular weight excluding hydrogens is 323 g/mol. The fourth-order valence-corrected chi connectivity index (χ4v) is 1.87. The summed E-state index contributed by atoms with van der Waals surface area (Å²) >= 11 is 0. The van der Waals surface area contributed by atoms with Crippen LogP contribution in [0, 0.1) is 0 Å². The molecule has 0 saturated heterocycles. The lowest BCUT2D eigenvalue weighted by Crippen LogP contribution is -2.06. The van der Waals surface area contributed by atoms with Crippen LogP contribution in [0.25, 0.3) is 10.8 Å². The first kappa shape index (κ1) is 18.7. The maximum absolute atomic E-state index is 11.1. The van der Waals surface area contributed by atoms with E-state index < -0.39 is 17.9 Å². The number of hydrogen-bond acceptors (Lipinski definition) is 3. The Labute approximate surface area is 130 Å². The van der Waals surface area contributed by atoms with Crippen LogP contribution in [0.1, 0.15) is 31.1 Å². The molecule has 0 aliphatic heterocycles. The molecule has 0 saturated carbocycles. The predicted molar refractivity (Wildman–Crippen MR) is 79.3 cm³/mol. The van der Waals surface area contributed by atoms with Gasteiger partial charge in [-0.2, -0.15) is 0 Å². The van der Waals surface area contributed by atoms with Gasteiger partial charge in [-0.15, -0.1) is 24.8 Å². The predicted octanol–water partition coefficient (Wildman–Crippen LogP) is 2.78. The number of carboxylic acid groups (broad SMARTS) is 3. The summed E-state index contributed by atoms with van der Waals surface area (Å²) in [4.78, 5) is 33.2. The molecule has 21 heavy (non-hydrogen) atoms. The quantitative estimate of drug-likeness (QED) is 0.796. The Balaban J connectivity index is 0.00000200. The van der Waals surface area contributed by atoms with Crippen LogP contribution in [0.2, 0.25) is 0 Å². The van der Waals surface area contributed by atoms with E-state index in [2.05, 4.69) is 0 Å². The lowest BCUT2D eigenvalue weighted by atomic mass is 9.97. The Morgan fingerprint density at radius 2 is 1.29 bits per heavy atom. The summed E-state index contributed by atoms with van der Waals surface area (Å²) in [6.45, 7) is 0. The molecule has 0 heterocycles. The number of carboxylic acids is 3. The van der Waals surface area contributed by atoms with Crippen molar-refractivity contribution in [2.45, 2.75) is 0 Å². The maximum Gasteiger partial charge on any atom is 0.336 e. The fourth-order valence-electron chi connectivity index (χ4n) is 1.87. The molecule has 0 unspecified atom stereocenters. The van der Waals surface area contributed by atoms with Crippen LogP contribution in [-0.4, -0.2) is 33.2 Å². The van der Waals surface area contributed by atoms with Gasteiger partial charge in [0.25, 0.3) is 0 Å². The van der Waals surface area contributed by atoms with E-state index in [1.165, 1.54) is 18.2 Å². The van der Waals surface area contributed by atoms with Crippen LogP contribution in [0.15, 0.2) is 30.3 Å². The van der Waals surface area contributed by atoms with Crippen molar-refractivity contribution >= 4 is 53.5 Å². The second-order valence-electron chi connectivity index (χ2n) is 3.84. The molecule has 8 heteroatoms. The number of hydrogen-bond donors (Lipinski definition) is 3. The Hall–Kier alpha value is -2.31. The largest absolute Gasteiger partial charge is 0.478 e. The number of carbonyl (C=O) groups is 3. The van der Waals surface area contributed by atoms with Crippen LogP contribution in [0.5, 0.6) is 0 Å². The molecule has 2 aromatic carbocycles. The van der Waals surface area contributed by atoms with Crippen LogP contribution in [0.4, 0.5) is 0 Å². The molecule has 2 rings (SSSR count). The highest BCUT2D eigenvalue weighted by molar-refractivity contribution is 6.12. The van der Waals surface area contributed by atoms with E-state index in [1.54, 1.807) is 0 Å². The van der Waals surface area contributed by atoms with Crippen molar-refractivity contribution in [1.82, 2.24) is 0 Å². The van der Waals surface area contributed by atoms with Crippen LogP contribution >= 0.6 is 24.8 Å². The zero-order valence-corrected chi connectivity index (χ0v) is 11.9. The smallest absolute Gasteiger partial charge is 0.336 e. The molecule has 6 nitrogen and oxygen atoms in total. The number of fused-ring (bicyclic) bond motifs is 1. The summed E-state index contributed by atoms with van der Waals surface area (Å²) in [5.74, 6) is -3.87. The van der Waals surface area contributed by atoms with Gasteiger partial charge in [-0.05, 0) is 29.0 Å². The van der Waals surface area contributed by atoms with Gasteiger partial charge in [-0.25, -0.2) is 14.4 Å². The van der Waals surface area contributed by atoms with Gasteiger partial charge in [0.15, 0.2) is 0 Å². The Kier molecular flexibility index (Phi) is 6.16. The topological polar surface area (TPSA) is 112 Å². The molecule has 112 valence electrons. The van der Waals surface area contributed by atoms with E-state index in [-0.39, 0.29) is 52.3 Å². The number of rotatable bonds is 3. The number of benzene rings is 2. The van der Waals surface area contributed by atoms with E-state index >= 15 is 0 Å². The SMILES string of the molecule is Cl.Cl.O=C(O)c1cc(C(=O)O)c2cccc(C(=O)O)c2c1. The third-order valence-electron chi connectivity index (χ3n) is 2.70. The third kappa shape index (κ3) is 3.42. The first-order chi connectivity index (χ1) is 8.91. The van der Waals surface area contributed by atoms with Crippen molar-refractivity contribution in [2.75, 3.05) is 0 Å². The molecule has 0 bridgehead atoms. The van der Waals surface area contributed by atoms with Crippen molar-refractivity contribution in [3.8, 4) is 0 Å². The van der Waals surface area contributed by atoms with Crippen LogP contribution < -0.4 is 0 Å². The van der Waals surface area contributed by atoms with Gasteiger partial charge in [-0.1, -0.05) is 12.1 Å². The highest BCUT2D eigenvalue weighted by Crippen LogP contribution is 2.25. The second kappa shape index (κ2) is 6.92. The minimum atomic E-state index is -1.32. The molecule has 2 aromatic rings. The van der Waals surface area contributed by atoms with E-state index in [9.17, 15) is 14.4 Å². The van der Waals surface area contributed by atoms with Gasteiger partial charge < -0.3 is 15.3 Å². The average molecular weight is 333 g/mol. The molecule has 0 aromatic heterocycles. The van der Waals surface area contributed by atoms with Gasteiger partial charge in [0, 0.05) is 0 Å². The minimum absolute atomic E-state index is 0. The van der Waals surface area contributed by atoms with E-state index in [0.29, 0.717) is 0 Å². The van der Waals surface area contributed by atoms with Crippen molar-refractivity contribution in [2.24, 2.45) is 0 Å². The van der Waals surface area contributed by atoms with Gasteiger partial charge in [-0.3, -0.25) is 0 Å². The van der Waals surface area contributed by atoms with Crippen molar-refractivity contribution in [3.63, 3.8) is 0 Å². The summed E-state index contributed by atoms with van der Waals surface area (Å²) < 4.78 is 0. The summed E-state index contributed by atoms with van der Waals surface area (Å²) in [6.07, 6.45) is 0. The molecule has 0 amide bonds. The average Bonchev–Trinajstić information content (AvgIpc) is 2.36. The third-order valence-corrected chi connectivity index (χ3v) is 2.70. The van der Waals surface area contributed by atoms with Crippen molar-refractivity contribution in [1.29, 1.82) is 0 Å². The van der Waals surface area contributed by atoms with E-state index in [4.69, 9.17) is 15.3 Å². The van der Waals surface area contributed by atoms with Crippen LogP contribution in [-0.2, 0) is 0 Å². The van der Waals surface area contributed by atoms with Crippen LogP contribution in [0.3, 0.4) is 0 Å². The molecule has 0 aliphatic carbocycles. The zero-order valence-electron chi connectivity index (χ0n) is 10.3. The van der Waals surface area contributed by atoms with Gasteiger partial charge in [0.1, 0.15) is 0 Å². The Morgan fingerprint density at radius 1 is 0.714 bits per heavy atom.